The van der Waals surface area contributed by atoms with E-state index in [0.29, 0.717) is 13.0 Å². The van der Waals surface area contributed by atoms with Gasteiger partial charge in [0.1, 0.15) is 5.82 Å². The van der Waals surface area contributed by atoms with Gasteiger partial charge in [-0.05, 0) is 53.1 Å². The number of rotatable bonds is 4. The summed E-state index contributed by atoms with van der Waals surface area (Å²) in [6.45, 7) is 0.223. The number of methoxy groups -OCH3 is 1. The summed E-state index contributed by atoms with van der Waals surface area (Å²) in [6.07, 6.45) is 0.843. The number of aliphatic hydroxyl groups excluding tert-OH is 1. The van der Waals surface area contributed by atoms with Crippen LogP contribution in [0.15, 0.2) is 42.5 Å². The lowest BCUT2D eigenvalue weighted by Crippen LogP contribution is -2.34. The van der Waals surface area contributed by atoms with Gasteiger partial charge in [0.25, 0.3) is 0 Å². The molecule has 0 bridgehead atoms. The zero-order valence-electron chi connectivity index (χ0n) is 14.2. The van der Waals surface area contributed by atoms with Crippen LogP contribution in [0.25, 0.3) is 0 Å². The summed E-state index contributed by atoms with van der Waals surface area (Å²) in [6, 6.07) is 13.0. The number of nitrogens with one attached hydrogen (secondary N) is 1. The first-order valence-corrected chi connectivity index (χ1v) is 8.40. The van der Waals surface area contributed by atoms with Gasteiger partial charge in [0.05, 0.1) is 7.11 Å². The van der Waals surface area contributed by atoms with Crippen molar-refractivity contribution in [3.8, 4) is 0 Å². The monoisotopic (exact) mass is 343 g/mol. The Morgan fingerprint density at radius 2 is 2.08 bits per heavy atom. The highest BCUT2D eigenvalue weighted by molar-refractivity contribution is 5.66. The Labute approximate surface area is 146 Å². The number of hydrogen-bond donors (Lipinski definition) is 2. The van der Waals surface area contributed by atoms with E-state index < -0.39 is 6.09 Å². The average molecular weight is 343 g/mol. The van der Waals surface area contributed by atoms with Gasteiger partial charge < -0.3 is 15.2 Å². The number of ether oxygens (including phenoxy) is 1. The van der Waals surface area contributed by atoms with E-state index in [1.54, 1.807) is 6.07 Å². The fourth-order valence-corrected chi connectivity index (χ4v) is 3.61. The molecule has 0 fully saturated rings. The highest BCUT2D eigenvalue weighted by Crippen LogP contribution is 2.36. The second kappa shape index (κ2) is 7.66. The van der Waals surface area contributed by atoms with Crippen molar-refractivity contribution in [1.29, 1.82) is 0 Å². The minimum Gasteiger partial charge on any atom is -0.453 e. The molecule has 3 rings (SSSR count). The molecule has 1 aliphatic rings. The predicted octanol–water partition coefficient (Wildman–Crippen LogP) is 3.02. The van der Waals surface area contributed by atoms with E-state index in [4.69, 9.17) is 0 Å². The molecule has 132 valence electrons. The Morgan fingerprint density at radius 1 is 1.28 bits per heavy atom. The van der Waals surface area contributed by atoms with Gasteiger partial charge in [0.15, 0.2) is 0 Å². The summed E-state index contributed by atoms with van der Waals surface area (Å²) in [4.78, 5) is 11.4. The first kappa shape index (κ1) is 17.4. The summed E-state index contributed by atoms with van der Waals surface area (Å²) in [5, 5.41) is 12.6. The normalized spacial score (nSPS) is 17.0. The molecular weight excluding hydrogens is 321 g/mol. The molecule has 2 unspecified atom stereocenters. The Bertz CT molecular complexity index is 762. The van der Waals surface area contributed by atoms with Gasteiger partial charge in [0, 0.05) is 19.1 Å². The molecule has 0 saturated carbocycles. The van der Waals surface area contributed by atoms with Crippen molar-refractivity contribution < 1.29 is 19.0 Å². The largest absolute Gasteiger partial charge is 0.453 e. The number of carbonyl (C=O) groups excluding carboxylic acids is 1. The summed E-state index contributed by atoms with van der Waals surface area (Å²) in [5.41, 5.74) is 4.38. The van der Waals surface area contributed by atoms with E-state index in [1.807, 2.05) is 18.2 Å². The number of benzene rings is 2. The SMILES string of the molecule is COC(=O)NCC(CO)C1Cc2cc(F)ccc2Cc2ccccc21. The van der Waals surface area contributed by atoms with E-state index in [-0.39, 0.29) is 24.3 Å². The Kier molecular flexibility index (Phi) is 5.34. The molecule has 0 radical (unpaired) electrons. The summed E-state index contributed by atoms with van der Waals surface area (Å²) >= 11 is 0. The molecule has 0 saturated heterocycles. The number of halogens is 1. The average Bonchev–Trinajstić information content (AvgIpc) is 2.78. The quantitative estimate of drug-likeness (QED) is 0.897. The molecule has 1 amide bonds. The minimum absolute atomic E-state index is 0.0126. The molecule has 2 N–H and O–H groups in total. The van der Waals surface area contributed by atoms with E-state index >= 15 is 0 Å². The number of amides is 1. The van der Waals surface area contributed by atoms with Crippen molar-refractivity contribution in [2.24, 2.45) is 5.92 Å². The Balaban J connectivity index is 1.96. The maximum Gasteiger partial charge on any atom is 0.406 e. The second-order valence-corrected chi connectivity index (χ2v) is 6.41. The second-order valence-electron chi connectivity index (χ2n) is 6.41. The third-order valence-electron chi connectivity index (χ3n) is 4.94. The molecule has 0 aromatic heterocycles. The van der Waals surface area contributed by atoms with Crippen LogP contribution in [0.1, 0.15) is 28.2 Å². The maximum absolute atomic E-state index is 13.7. The van der Waals surface area contributed by atoms with Crippen molar-refractivity contribution >= 4 is 6.09 Å². The van der Waals surface area contributed by atoms with Crippen LogP contribution >= 0.6 is 0 Å². The van der Waals surface area contributed by atoms with E-state index in [1.165, 1.54) is 18.7 Å². The van der Waals surface area contributed by atoms with Crippen molar-refractivity contribution in [2.45, 2.75) is 18.8 Å². The smallest absolute Gasteiger partial charge is 0.406 e. The maximum atomic E-state index is 13.7. The zero-order valence-corrected chi connectivity index (χ0v) is 14.2. The zero-order chi connectivity index (χ0) is 17.8. The van der Waals surface area contributed by atoms with Crippen molar-refractivity contribution in [2.75, 3.05) is 20.3 Å². The van der Waals surface area contributed by atoms with Gasteiger partial charge in [-0.3, -0.25) is 0 Å². The fourth-order valence-electron chi connectivity index (χ4n) is 3.61. The van der Waals surface area contributed by atoms with Crippen LogP contribution in [0.3, 0.4) is 0 Å². The molecule has 1 aliphatic carbocycles. The van der Waals surface area contributed by atoms with E-state index in [2.05, 4.69) is 22.2 Å². The van der Waals surface area contributed by atoms with Gasteiger partial charge in [-0.1, -0.05) is 30.3 Å². The molecule has 0 aliphatic heterocycles. The van der Waals surface area contributed by atoms with Crippen molar-refractivity contribution in [3.05, 3.63) is 70.5 Å². The lowest BCUT2D eigenvalue weighted by atomic mass is 9.81. The van der Waals surface area contributed by atoms with Crippen molar-refractivity contribution in [1.82, 2.24) is 5.32 Å². The van der Waals surface area contributed by atoms with Crippen LogP contribution < -0.4 is 5.32 Å². The Morgan fingerprint density at radius 3 is 2.84 bits per heavy atom. The number of alkyl carbamates (subject to hydrolysis) is 1. The number of aliphatic hydroxyl groups is 1. The van der Waals surface area contributed by atoms with E-state index in [0.717, 1.165) is 23.1 Å². The topological polar surface area (TPSA) is 58.6 Å². The van der Waals surface area contributed by atoms with Crippen molar-refractivity contribution in [3.63, 3.8) is 0 Å². The number of hydrogen-bond acceptors (Lipinski definition) is 3. The van der Waals surface area contributed by atoms with Gasteiger partial charge >= 0.3 is 6.09 Å². The molecule has 0 spiro atoms. The van der Waals surface area contributed by atoms with Gasteiger partial charge in [0.2, 0.25) is 0 Å². The molecule has 2 atom stereocenters. The third-order valence-corrected chi connectivity index (χ3v) is 4.94. The lowest BCUT2D eigenvalue weighted by Gasteiger charge is -2.26. The molecule has 2 aromatic carbocycles. The molecular formula is C20H22FNO3. The van der Waals surface area contributed by atoms with Gasteiger partial charge in [-0.15, -0.1) is 0 Å². The highest BCUT2D eigenvalue weighted by Gasteiger charge is 2.29. The summed E-state index contributed by atoms with van der Waals surface area (Å²) < 4.78 is 18.4. The summed E-state index contributed by atoms with van der Waals surface area (Å²) in [7, 11) is 1.31. The molecule has 4 nitrogen and oxygen atoms in total. The number of carbonyl (C=O) groups is 1. The standard InChI is InChI=1S/C20H22FNO3/c1-25-20(24)22-11-16(12-23)19-10-15-9-17(21)7-6-13(15)8-14-4-2-3-5-18(14)19/h2-7,9,16,19,23H,8,10-12H2,1H3,(H,22,24). The summed E-state index contributed by atoms with van der Waals surface area (Å²) in [5.74, 6) is -0.451. The lowest BCUT2D eigenvalue weighted by molar-refractivity contribution is 0.159. The highest BCUT2D eigenvalue weighted by atomic mass is 19.1. The number of fused-ring (bicyclic) bond motifs is 2. The molecule has 5 heteroatoms. The minimum atomic E-state index is -0.521. The van der Waals surface area contributed by atoms with Crippen LogP contribution in [-0.4, -0.2) is 31.5 Å². The molecule has 25 heavy (non-hydrogen) atoms. The third kappa shape index (κ3) is 3.82. The fraction of sp³-hybridized carbons (Fsp3) is 0.350. The van der Waals surface area contributed by atoms with Gasteiger partial charge in [-0.2, -0.15) is 0 Å². The molecule has 2 aromatic rings. The van der Waals surface area contributed by atoms with Crippen LogP contribution in [0.2, 0.25) is 0 Å². The van der Waals surface area contributed by atoms with Gasteiger partial charge in [-0.25, -0.2) is 9.18 Å². The first-order chi connectivity index (χ1) is 12.1. The van der Waals surface area contributed by atoms with Crippen LogP contribution in [0, 0.1) is 11.7 Å². The predicted molar refractivity (Wildman–Crippen MR) is 93.1 cm³/mol. The van der Waals surface area contributed by atoms with Crippen LogP contribution in [-0.2, 0) is 17.6 Å². The first-order valence-electron chi connectivity index (χ1n) is 8.40. The Hall–Kier alpha value is -2.40. The van der Waals surface area contributed by atoms with Crippen LogP contribution in [0.5, 0.6) is 0 Å². The van der Waals surface area contributed by atoms with E-state index in [9.17, 15) is 14.3 Å². The molecule has 0 heterocycles. The van der Waals surface area contributed by atoms with Crippen LogP contribution in [0.4, 0.5) is 9.18 Å².